The van der Waals surface area contributed by atoms with Crippen LogP contribution in [0.2, 0.25) is 0 Å². The summed E-state index contributed by atoms with van der Waals surface area (Å²) in [6.45, 7) is 1.51. The van der Waals surface area contributed by atoms with E-state index < -0.39 is 10.0 Å². The van der Waals surface area contributed by atoms with E-state index in [9.17, 15) is 13.2 Å². The SMILES string of the molecule is CNS(=O)(=O)c1cccc(Nc2cc(Nc3ccc(C(=O)N4CC[C@H](N(C)C)C4)cc3)ncn2)c1. The molecule has 0 bridgehead atoms. The van der Waals surface area contributed by atoms with E-state index in [1.165, 1.54) is 25.5 Å². The van der Waals surface area contributed by atoms with Gasteiger partial charge in [-0.25, -0.2) is 23.1 Å². The number of likely N-dealkylation sites (N-methyl/N-ethyl adjacent to an activating group) is 1. The van der Waals surface area contributed by atoms with Gasteiger partial charge in [-0.15, -0.1) is 0 Å². The zero-order chi connectivity index (χ0) is 25.0. The van der Waals surface area contributed by atoms with Gasteiger partial charge in [-0.3, -0.25) is 4.79 Å². The molecule has 2 heterocycles. The lowest BCUT2D eigenvalue weighted by Gasteiger charge is -2.20. The van der Waals surface area contributed by atoms with Crippen molar-refractivity contribution in [2.45, 2.75) is 17.4 Å². The quantitative estimate of drug-likeness (QED) is 0.436. The molecular weight excluding hydrogens is 466 g/mol. The average molecular weight is 496 g/mol. The number of carbonyl (C=O) groups excluding carboxylic acids is 1. The molecule has 0 spiro atoms. The number of benzene rings is 2. The van der Waals surface area contributed by atoms with Crippen LogP contribution in [0.3, 0.4) is 0 Å². The summed E-state index contributed by atoms with van der Waals surface area (Å²) in [6.07, 6.45) is 2.39. The molecule has 4 rings (SSSR count). The van der Waals surface area contributed by atoms with Gasteiger partial charge >= 0.3 is 0 Å². The summed E-state index contributed by atoms with van der Waals surface area (Å²) in [6, 6.07) is 15.9. The Hall–Kier alpha value is -3.54. The van der Waals surface area contributed by atoms with Gasteiger partial charge in [0.2, 0.25) is 10.0 Å². The van der Waals surface area contributed by atoms with Gasteiger partial charge in [0.1, 0.15) is 18.0 Å². The predicted molar refractivity (Wildman–Crippen MR) is 136 cm³/mol. The zero-order valence-corrected chi connectivity index (χ0v) is 20.7. The number of amides is 1. The number of rotatable bonds is 8. The molecule has 1 aromatic heterocycles. The van der Waals surface area contributed by atoms with Gasteiger partial charge in [-0.05, 0) is 70.0 Å². The number of hydrogen-bond donors (Lipinski definition) is 3. The zero-order valence-electron chi connectivity index (χ0n) is 19.9. The van der Waals surface area contributed by atoms with Crippen molar-refractivity contribution in [3.8, 4) is 0 Å². The van der Waals surface area contributed by atoms with Crippen LogP contribution in [0.5, 0.6) is 0 Å². The lowest BCUT2D eigenvalue weighted by atomic mass is 10.2. The first-order valence-corrected chi connectivity index (χ1v) is 12.7. The maximum Gasteiger partial charge on any atom is 0.253 e. The number of nitrogens with one attached hydrogen (secondary N) is 3. The molecular formula is C24H29N7O3S. The Morgan fingerprint density at radius 3 is 2.31 bits per heavy atom. The van der Waals surface area contributed by atoms with Gasteiger partial charge in [-0.1, -0.05) is 6.07 Å². The van der Waals surface area contributed by atoms with Crippen molar-refractivity contribution in [3.05, 3.63) is 66.5 Å². The van der Waals surface area contributed by atoms with Gasteiger partial charge in [0.05, 0.1) is 4.90 Å². The van der Waals surface area contributed by atoms with Gasteiger partial charge < -0.3 is 20.4 Å². The highest BCUT2D eigenvalue weighted by atomic mass is 32.2. The minimum atomic E-state index is -3.55. The average Bonchev–Trinajstić information content (AvgIpc) is 3.35. The van der Waals surface area contributed by atoms with E-state index in [0.717, 1.165) is 25.2 Å². The molecule has 0 aliphatic carbocycles. The van der Waals surface area contributed by atoms with Crippen LogP contribution in [-0.2, 0) is 10.0 Å². The summed E-state index contributed by atoms with van der Waals surface area (Å²) in [4.78, 5) is 25.5. The molecule has 11 heteroatoms. The van der Waals surface area contributed by atoms with Crippen molar-refractivity contribution in [1.82, 2.24) is 24.5 Å². The molecule has 0 saturated carbocycles. The fourth-order valence-corrected chi connectivity index (χ4v) is 4.65. The van der Waals surface area contributed by atoms with Crippen LogP contribution in [0.25, 0.3) is 0 Å². The minimum Gasteiger partial charge on any atom is -0.340 e. The lowest BCUT2D eigenvalue weighted by Crippen LogP contribution is -2.34. The third-order valence-corrected chi connectivity index (χ3v) is 7.35. The van der Waals surface area contributed by atoms with Crippen molar-refractivity contribution >= 4 is 38.9 Å². The monoisotopic (exact) mass is 495 g/mol. The second-order valence-corrected chi connectivity index (χ2v) is 10.4. The maximum atomic E-state index is 12.8. The minimum absolute atomic E-state index is 0.0388. The first-order valence-electron chi connectivity index (χ1n) is 11.2. The van der Waals surface area contributed by atoms with E-state index in [-0.39, 0.29) is 10.8 Å². The number of hydrogen-bond acceptors (Lipinski definition) is 8. The van der Waals surface area contributed by atoms with Crippen LogP contribution in [0.4, 0.5) is 23.0 Å². The summed E-state index contributed by atoms with van der Waals surface area (Å²) in [5.74, 6) is 1.09. The van der Waals surface area contributed by atoms with E-state index in [1.54, 1.807) is 18.2 Å². The summed E-state index contributed by atoms with van der Waals surface area (Å²) >= 11 is 0. The Labute approximate surface area is 205 Å². The first-order chi connectivity index (χ1) is 16.7. The van der Waals surface area contributed by atoms with Gasteiger partial charge in [-0.2, -0.15) is 0 Å². The molecule has 0 unspecified atom stereocenters. The van der Waals surface area contributed by atoms with Gasteiger partial charge in [0, 0.05) is 42.1 Å². The molecule has 3 N–H and O–H groups in total. The number of likely N-dealkylation sites (tertiary alicyclic amines) is 1. The fraction of sp³-hybridized carbons (Fsp3) is 0.292. The van der Waals surface area contributed by atoms with Gasteiger partial charge in [0.25, 0.3) is 5.91 Å². The molecule has 1 aliphatic heterocycles. The molecule has 10 nitrogen and oxygen atoms in total. The van der Waals surface area contributed by atoms with Crippen LogP contribution in [0.15, 0.2) is 65.8 Å². The lowest BCUT2D eigenvalue weighted by molar-refractivity contribution is 0.0783. The molecule has 184 valence electrons. The van der Waals surface area contributed by atoms with Crippen LogP contribution >= 0.6 is 0 Å². The Morgan fingerprint density at radius 1 is 1.00 bits per heavy atom. The molecule has 1 saturated heterocycles. The highest BCUT2D eigenvalue weighted by Gasteiger charge is 2.27. The van der Waals surface area contributed by atoms with E-state index >= 15 is 0 Å². The number of sulfonamides is 1. The molecule has 1 fully saturated rings. The van der Waals surface area contributed by atoms with Gasteiger partial charge in [0.15, 0.2) is 0 Å². The molecule has 1 aliphatic rings. The normalized spacial score (nSPS) is 15.9. The highest BCUT2D eigenvalue weighted by molar-refractivity contribution is 7.89. The van der Waals surface area contributed by atoms with Crippen molar-refractivity contribution in [2.75, 3.05) is 44.9 Å². The molecule has 35 heavy (non-hydrogen) atoms. The van der Waals surface area contributed by atoms with E-state index in [4.69, 9.17) is 0 Å². The molecule has 1 amide bonds. The number of carbonyl (C=O) groups is 1. The van der Waals surface area contributed by atoms with Crippen LogP contribution in [-0.4, -0.2) is 74.4 Å². The first kappa shape index (κ1) is 24.6. The van der Waals surface area contributed by atoms with E-state index in [1.807, 2.05) is 43.3 Å². The molecule has 1 atom stereocenters. The van der Waals surface area contributed by atoms with Crippen LogP contribution in [0, 0.1) is 0 Å². The fourth-order valence-electron chi connectivity index (χ4n) is 3.88. The second-order valence-electron chi connectivity index (χ2n) is 8.51. The summed E-state index contributed by atoms with van der Waals surface area (Å²) in [5.41, 5.74) is 2.00. The summed E-state index contributed by atoms with van der Waals surface area (Å²) in [7, 11) is 1.90. The standard InChI is InChI=1S/C24H29N7O3S/c1-25-35(33,34)21-6-4-5-19(13-21)29-23-14-22(26-16-27-23)28-18-9-7-17(8-10-18)24(32)31-12-11-20(15-31)30(2)3/h4-10,13-14,16,20,25H,11-12,15H2,1-3H3,(H2,26,27,28,29)/t20-/m0/s1. The highest BCUT2D eigenvalue weighted by Crippen LogP contribution is 2.22. The molecule has 3 aromatic rings. The third-order valence-electron chi connectivity index (χ3n) is 5.94. The number of nitrogens with zero attached hydrogens (tertiary/aromatic N) is 4. The topological polar surface area (TPSA) is 120 Å². The maximum absolute atomic E-state index is 12.8. The van der Waals surface area contributed by atoms with Crippen LogP contribution in [0.1, 0.15) is 16.8 Å². The van der Waals surface area contributed by atoms with Crippen molar-refractivity contribution in [1.29, 1.82) is 0 Å². The van der Waals surface area contributed by atoms with Crippen LogP contribution < -0.4 is 15.4 Å². The van der Waals surface area contributed by atoms with Crippen molar-refractivity contribution in [3.63, 3.8) is 0 Å². The Morgan fingerprint density at radius 2 is 1.69 bits per heavy atom. The molecule has 2 aromatic carbocycles. The second kappa shape index (κ2) is 10.4. The Bertz CT molecular complexity index is 1300. The van der Waals surface area contributed by atoms with Crippen molar-refractivity contribution in [2.24, 2.45) is 0 Å². The van der Waals surface area contributed by atoms with E-state index in [0.29, 0.717) is 28.9 Å². The van der Waals surface area contributed by atoms with Crippen molar-refractivity contribution < 1.29 is 13.2 Å². The van der Waals surface area contributed by atoms with E-state index in [2.05, 4.69) is 30.2 Å². The third kappa shape index (κ3) is 5.94. The Kier molecular flexibility index (Phi) is 7.29. The number of anilines is 4. The predicted octanol–water partition coefficient (Wildman–Crippen LogP) is 2.65. The number of aromatic nitrogens is 2. The molecule has 0 radical (unpaired) electrons. The smallest absolute Gasteiger partial charge is 0.253 e. The summed E-state index contributed by atoms with van der Waals surface area (Å²) < 4.78 is 26.4. The largest absolute Gasteiger partial charge is 0.340 e. The summed E-state index contributed by atoms with van der Waals surface area (Å²) in [5, 5.41) is 6.30. The Balaban J connectivity index is 1.41.